The van der Waals surface area contributed by atoms with E-state index in [1.807, 2.05) is 0 Å². The van der Waals surface area contributed by atoms with Crippen LogP contribution in [0.1, 0.15) is 26.5 Å². The van der Waals surface area contributed by atoms with Crippen LogP contribution in [0.25, 0.3) is 17.2 Å². The van der Waals surface area contributed by atoms with E-state index < -0.39 is 14.8 Å². The quantitative estimate of drug-likeness (QED) is 0.386. The van der Waals surface area contributed by atoms with Gasteiger partial charge in [0.15, 0.2) is 0 Å². The first-order chi connectivity index (χ1) is 12.4. The molecule has 0 saturated heterocycles. The fourth-order valence-electron chi connectivity index (χ4n) is 5.15. The van der Waals surface area contributed by atoms with Crippen molar-refractivity contribution in [2.45, 2.75) is 21.1 Å². The predicted octanol–water partition coefficient (Wildman–Crippen LogP) is 5.87. The van der Waals surface area contributed by atoms with E-state index in [1.54, 1.807) is 3.87 Å². The molecule has 0 aromatic heterocycles. The Bertz CT molecular complexity index is 1140. The van der Waals surface area contributed by atoms with Gasteiger partial charge in [-0.25, -0.2) is 0 Å². The van der Waals surface area contributed by atoms with Gasteiger partial charge in [0, 0.05) is 0 Å². The van der Waals surface area contributed by atoms with E-state index in [2.05, 4.69) is 89.3 Å². The minimum absolute atomic E-state index is 0.457. The van der Waals surface area contributed by atoms with Gasteiger partial charge in [-0.3, -0.25) is 0 Å². The number of hydrogen-bond donors (Lipinski definition) is 0. The summed E-state index contributed by atoms with van der Waals surface area (Å²) in [6, 6.07) is 24.6. The zero-order chi connectivity index (χ0) is 18.0. The first-order valence-corrected chi connectivity index (χ1v) is 15.4. The van der Waals surface area contributed by atoms with Crippen molar-refractivity contribution in [3.05, 3.63) is 95.1 Å². The molecule has 0 amide bonds. The van der Waals surface area contributed by atoms with Crippen molar-refractivity contribution in [3.63, 3.8) is 0 Å². The molecule has 3 aromatic carbocycles. The van der Waals surface area contributed by atoms with Crippen LogP contribution in [0, 0.1) is 0 Å². The third-order valence-corrected chi connectivity index (χ3v) is 13.9. The maximum absolute atomic E-state index is 5.03. The Hall–Kier alpha value is -2.02. The Morgan fingerprint density at radius 3 is 2.46 bits per heavy atom. The van der Waals surface area contributed by atoms with E-state index in [4.69, 9.17) is 4.82 Å². The van der Waals surface area contributed by atoms with E-state index in [-0.39, 0.29) is 0 Å². The van der Waals surface area contributed by atoms with Gasteiger partial charge in [-0.2, -0.15) is 0 Å². The summed E-state index contributed by atoms with van der Waals surface area (Å²) in [5.41, 5.74) is 8.67. The summed E-state index contributed by atoms with van der Waals surface area (Å²) in [5.74, 6) is 0. The summed E-state index contributed by atoms with van der Waals surface area (Å²) in [6.45, 7) is 0. The molecule has 0 aliphatic heterocycles. The number of fused-ring (bicyclic) bond motifs is 4. The molecule has 0 nitrogen and oxygen atoms in total. The van der Waals surface area contributed by atoms with Gasteiger partial charge in [0.05, 0.1) is 0 Å². The standard InChI is InChI=1S/C13H9.C9H7.2CH3.CH2.Ti/c1-3-7-12-10(5-1)9-11-6-2-4-8-13(11)12;1-2-5-9-7-3-6-8(9)4-1;;;;/h1-5,7-8H,9H2;1-7H;2*1H3;1H2;. The van der Waals surface area contributed by atoms with Gasteiger partial charge < -0.3 is 0 Å². The first kappa shape index (κ1) is 16.2. The second-order valence-electron chi connectivity index (χ2n) is 8.94. The van der Waals surface area contributed by atoms with Gasteiger partial charge in [-0.15, -0.1) is 0 Å². The molecule has 0 fully saturated rings. The molecule has 1 heteroatoms. The van der Waals surface area contributed by atoms with Crippen molar-refractivity contribution in [2.75, 3.05) is 0 Å². The van der Waals surface area contributed by atoms with Crippen molar-refractivity contribution in [3.8, 4) is 11.1 Å². The average Bonchev–Trinajstić information content (AvgIpc) is 3.23. The molecule has 3 aromatic rings. The van der Waals surface area contributed by atoms with Crippen molar-refractivity contribution >= 4 is 14.8 Å². The molecule has 0 heterocycles. The Morgan fingerprint density at radius 2 is 1.58 bits per heavy atom. The summed E-state index contributed by atoms with van der Waals surface area (Å²) < 4.78 is 2.01. The zero-order valence-corrected chi connectivity index (χ0v) is 17.1. The van der Waals surface area contributed by atoms with Gasteiger partial charge >= 0.3 is 157 Å². The van der Waals surface area contributed by atoms with Crippen LogP contribution in [0.3, 0.4) is 0 Å². The van der Waals surface area contributed by atoms with Crippen molar-refractivity contribution < 1.29 is 14.8 Å². The molecule has 0 bridgehead atoms. The van der Waals surface area contributed by atoms with Crippen molar-refractivity contribution in [2.24, 2.45) is 0 Å². The Labute approximate surface area is 156 Å². The van der Waals surface area contributed by atoms with Gasteiger partial charge in [0.1, 0.15) is 0 Å². The minimum atomic E-state index is -3.26. The van der Waals surface area contributed by atoms with Gasteiger partial charge in [0.2, 0.25) is 0 Å². The molecule has 26 heavy (non-hydrogen) atoms. The van der Waals surface area contributed by atoms with Crippen LogP contribution < -0.4 is 3.87 Å². The van der Waals surface area contributed by atoms with Crippen LogP contribution in [0.5, 0.6) is 0 Å². The first-order valence-electron chi connectivity index (χ1n) is 9.49. The fourth-order valence-corrected chi connectivity index (χ4v) is 11.7. The summed E-state index contributed by atoms with van der Waals surface area (Å²) in [5, 5.41) is 5.01. The molecule has 1 unspecified atom stereocenters. The van der Waals surface area contributed by atoms with E-state index in [0.29, 0.717) is 4.22 Å². The number of benzene rings is 3. The van der Waals surface area contributed by atoms with Gasteiger partial charge in [-0.05, 0) is 0 Å². The molecule has 0 saturated carbocycles. The maximum atomic E-state index is 5.03. The van der Waals surface area contributed by atoms with Gasteiger partial charge in [-0.1, -0.05) is 0 Å². The zero-order valence-electron chi connectivity index (χ0n) is 15.5. The summed E-state index contributed by atoms with van der Waals surface area (Å²) in [6.07, 6.45) is 5.78. The number of hydrogen-bond acceptors (Lipinski definition) is 0. The third kappa shape index (κ3) is 2.16. The second-order valence-corrected chi connectivity index (χ2v) is 19.5. The predicted molar refractivity (Wildman–Crippen MR) is 111 cm³/mol. The summed E-state index contributed by atoms with van der Waals surface area (Å²) in [4.78, 5) is 5.03. The molecular formula is C25H24Ti. The molecule has 0 radical (unpaired) electrons. The van der Waals surface area contributed by atoms with Crippen LogP contribution in [0.15, 0.2) is 72.8 Å². The SMILES string of the molecule is [CH2]=[Ti]([CH3])([CH3])([c]1cccc2c1Cc1ccccc1-2)[CH]1C=Cc2ccccc21. The monoisotopic (exact) mass is 372 g/mol. The molecule has 2 aliphatic carbocycles. The molecule has 128 valence electrons. The van der Waals surface area contributed by atoms with Crippen molar-refractivity contribution in [1.82, 2.24) is 0 Å². The van der Waals surface area contributed by atoms with E-state index in [1.165, 1.54) is 33.4 Å². The molecule has 2 aliphatic rings. The van der Waals surface area contributed by atoms with E-state index in [9.17, 15) is 0 Å². The Balaban J connectivity index is 1.72. The van der Waals surface area contributed by atoms with E-state index in [0.717, 1.165) is 6.42 Å². The summed E-state index contributed by atoms with van der Waals surface area (Å²) >= 11 is -3.26. The molecular weight excluding hydrogens is 348 g/mol. The average molecular weight is 372 g/mol. The number of rotatable bonds is 2. The number of allylic oxidation sites excluding steroid dienone is 1. The molecule has 0 N–H and O–H groups in total. The van der Waals surface area contributed by atoms with Crippen LogP contribution >= 0.6 is 0 Å². The van der Waals surface area contributed by atoms with Crippen LogP contribution in [-0.4, -0.2) is 4.82 Å². The Morgan fingerprint density at radius 1 is 0.846 bits per heavy atom. The molecule has 1 atom stereocenters. The van der Waals surface area contributed by atoms with Crippen LogP contribution in [0.2, 0.25) is 10.5 Å². The topological polar surface area (TPSA) is 0 Å². The second kappa shape index (κ2) is 5.25. The normalized spacial score (nSPS) is 17.7. The summed E-state index contributed by atoms with van der Waals surface area (Å²) in [7, 11) is 0. The Kier molecular flexibility index (Phi) is 3.27. The fraction of sp³-hybridized carbons (Fsp3) is 0.160. The van der Waals surface area contributed by atoms with E-state index >= 15 is 0 Å². The molecule has 5 rings (SSSR count). The van der Waals surface area contributed by atoms with Crippen molar-refractivity contribution in [1.29, 1.82) is 0 Å². The van der Waals surface area contributed by atoms with Gasteiger partial charge in [0.25, 0.3) is 0 Å². The van der Waals surface area contributed by atoms with Crippen LogP contribution in [-0.2, 0) is 21.3 Å². The van der Waals surface area contributed by atoms with Crippen LogP contribution in [0.4, 0.5) is 0 Å². The molecule has 0 spiro atoms. The third-order valence-electron chi connectivity index (χ3n) is 6.53.